The molecule has 1 aromatic rings. The zero-order valence-electron chi connectivity index (χ0n) is 10.6. The van der Waals surface area contributed by atoms with Gasteiger partial charge >= 0.3 is 6.09 Å². The van der Waals surface area contributed by atoms with E-state index >= 15 is 0 Å². The Hall–Kier alpha value is -1.26. The summed E-state index contributed by atoms with van der Waals surface area (Å²) in [4.78, 5) is 13.4. The Morgan fingerprint density at radius 1 is 1.50 bits per heavy atom. The van der Waals surface area contributed by atoms with E-state index < -0.39 is 6.09 Å². The first kappa shape index (κ1) is 14.8. The van der Waals surface area contributed by atoms with Crippen molar-refractivity contribution in [2.45, 2.75) is 26.4 Å². The lowest BCUT2D eigenvalue weighted by atomic mass is 10.2. The number of ether oxygens (including phenoxy) is 1. The Morgan fingerprint density at radius 3 is 2.78 bits per heavy atom. The Labute approximate surface area is 112 Å². The Kier molecular flexibility index (Phi) is 5.95. The molecule has 0 aliphatic rings. The van der Waals surface area contributed by atoms with Crippen LogP contribution in [-0.4, -0.2) is 35.4 Å². The van der Waals surface area contributed by atoms with Crippen LogP contribution in [0.4, 0.5) is 4.79 Å². The molecule has 100 valence electrons. The highest BCUT2D eigenvalue weighted by atomic mass is 35.5. The molecule has 0 radical (unpaired) electrons. The molecule has 5 heteroatoms. The van der Waals surface area contributed by atoms with Gasteiger partial charge in [-0.25, -0.2) is 4.79 Å². The highest BCUT2D eigenvalue weighted by Crippen LogP contribution is 2.14. The lowest BCUT2D eigenvalue weighted by Gasteiger charge is -2.26. The fourth-order valence-corrected chi connectivity index (χ4v) is 1.72. The fourth-order valence-electron chi connectivity index (χ4n) is 1.51. The van der Waals surface area contributed by atoms with E-state index in [1.807, 2.05) is 32.0 Å². The summed E-state index contributed by atoms with van der Waals surface area (Å²) in [6, 6.07) is 7.36. The van der Waals surface area contributed by atoms with Gasteiger partial charge < -0.3 is 14.7 Å². The van der Waals surface area contributed by atoms with E-state index in [4.69, 9.17) is 21.4 Å². The van der Waals surface area contributed by atoms with Crippen molar-refractivity contribution in [1.82, 2.24) is 4.90 Å². The number of hydrogen-bond acceptors (Lipinski definition) is 3. The van der Waals surface area contributed by atoms with Gasteiger partial charge in [-0.1, -0.05) is 23.7 Å². The van der Waals surface area contributed by atoms with Crippen molar-refractivity contribution in [1.29, 1.82) is 0 Å². The summed E-state index contributed by atoms with van der Waals surface area (Å²) in [5.41, 5.74) is 0.942. The number of rotatable bonds is 5. The number of halogens is 1. The number of nitrogens with zero attached hydrogens (tertiary/aromatic N) is 1. The molecular weight excluding hydrogens is 254 g/mol. The van der Waals surface area contributed by atoms with Gasteiger partial charge in [-0.15, -0.1) is 0 Å². The molecule has 18 heavy (non-hydrogen) atoms. The summed E-state index contributed by atoms with van der Waals surface area (Å²) in [6.45, 7) is 4.09. The van der Waals surface area contributed by atoms with E-state index in [1.54, 1.807) is 11.0 Å². The minimum Gasteiger partial charge on any atom is -0.447 e. The van der Waals surface area contributed by atoms with Gasteiger partial charge in [0, 0.05) is 17.6 Å². The lowest BCUT2D eigenvalue weighted by molar-refractivity contribution is 0.0730. The van der Waals surface area contributed by atoms with E-state index in [0.29, 0.717) is 11.6 Å². The molecule has 1 amide bonds. The van der Waals surface area contributed by atoms with Crippen LogP contribution in [0.25, 0.3) is 0 Å². The van der Waals surface area contributed by atoms with E-state index in [0.717, 1.165) is 5.56 Å². The molecule has 0 aliphatic heterocycles. The summed E-state index contributed by atoms with van der Waals surface area (Å²) in [6.07, 6.45) is -0.431. The molecule has 0 saturated heterocycles. The molecule has 0 aromatic heterocycles. The van der Waals surface area contributed by atoms with E-state index in [9.17, 15) is 4.79 Å². The summed E-state index contributed by atoms with van der Waals surface area (Å²) in [7, 11) is 0. The van der Waals surface area contributed by atoms with Crippen LogP contribution in [0, 0.1) is 0 Å². The molecule has 1 N–H and O–H groups in total. The maximum Gasteiger partial charge on any atom is 0.410 e. The fraction of sp³-hybridized carbons (Fsp3) is 0.462. The van der Waals surface area contributed by atoms with Gasteiger partial charge in [0.2, 0.25) is 0 Å². The van der Waals surface area contributed by atoms with Crippen molar-refractivity contribution in [2.75, 3.05) is 13.2 Å². The van der Waals surface area contributed by atoms with Gasteiger partial charge in [-0.2, -0.15) is 0 Å². The minimum absolute atomic E-state index is 0.00942. The van der Waals surface area contributed by atoms with Crippen molar-refractivity contribution < 1.29 is 14.6 Å². The number of amides is 1. The van der Waals surface area contributed by atoms with Crippen LogP contribution in [0.2, 0.25) is 5.02 Å². The molecule has 0 unspecified atom stereocenters. The first-order chi connectivity index (χ1) is 8.54. The quantitative estimate of drug-likeness (QED) is 0.896. The predicted molar refractivity (Wildman–Crippen MR) is 70.6 cm³/mol. The average Bonchev–Trinajstić information content (AvgIpc) is 2.32. The third-order valence-electron chi connectivity index (χ3n) is 2.42. The van der Waals surface area contributed by atoms with Crippen LogP contribution in [-0.2, 0) is 11.3 Å². The van der Waals surface area contributed by atoms with Crippen LogP contribution >= 0.6 is 11.6 Å². The van der Waals surface area contributed by atoms with Gasteiger partial charge in [0.05, 0.1) is 6.61 Å². The Bertz CT molecular complexity index is 396. The highest BCUT2D eigenvalue weighted by Gasteiger charge is 2.18. The SMILES string of the molecule is CC(C)N(Cc1cccc(Cl)c1)C(=O)OCCO. The first-order valence-electron chi connectivity index (χ1n) is 5.83. The first-order valence-corrected chi connectivity index (χ1v) is 6.21. The predicted octanol–water partition coefficient (Wildman–Crippen LogP) is 2.68. The van der Waals surface area contributed by atoms with Crippen LogP contribution < -0.4 is 0 Å². The topological polar surface area (TPSA) is 49.8 Å². The van der Waals surface area contributed by atoms with Gasteiger partial charge in [0.15, 0.2) is 0 Å². The number of carbonyl (C=O) groups is 1. The summed E-state index contributed by atoms with van der Waals surface area (Å²) < 4.78 is 4.92. The lowest BCUT2D eigenvalue weighted by Crippen LogP contribution is -2.37. The maximum atomic E-state index is 11.8. The number of aliphatic hydroxyl groups is 1. The van der Waals surface area contributed by atoms with Crippen LogP contribution in [0.1, 0.15) is 19.4 Å². The number of aliphatic hydroxyl groups excluding tert-OH is 1. The standard InChI is InChI=1S/C13H18ClNO3/c1-10(2)15(13(17)18-7-6-16)9-11-4-3-5-12(14)8-11/h3-5,8,10,16H,6-7,9H2,1-2H3. The van der Waals surface area contributed by atoms with Gasteiger partial charge in [0.25, 0.3) is 0 Å². The van der Waals surface area contributed by atoms with Gasteiger partial charge in [-0.3, -0.25) is 0 Å². The van der Waals surface area contributed by atoms with Crippen molar-refractivity contribution >= 4 is 17.7 Å². The molecular formula is C13H18ClNO3. The number of carbonyl (C=O) groups excluding carboxylic acids is 1. The highest BCUT2D eigenvalue weighted by molar-refractivity contribution is 6.30. The van der Waals surface area contributed by atoms with Crippen LogP contribution in [0.15, 0.2) is 24.3 Å². The van der Waals surface area contributed by atoms with Crippen LogP contribution in [0.3, 0.4) is 0 Å². The van der Waals surface area contributed by atoms with Crippen molar-refractivity contribution in [3.8, 4) is 0 Å². The molecule has 0 saturated carbocycles. The second-order valence-corrected chi connectivity index (χ2v) is 4.63. The molecule has 0 fully saturated rings. The molecule has 0 bridgehead atoms. The third-order valence-corrected chi connectivity index (χ3v) is 2.65. The van der Waals surface area contributed by atoms with E-state index in [2.05, 4.69) is 0 Å². The second-order valence-electron chi connectivity index (χ2n) is 4.19. The number of benzene rings is 1. The molecule has 0 heterocycles. The molecule has 0 spiro atoms. The summed E-state index contributed by atoms with van der Waals surface area (Å²) >= 11 is 5.90. The summed E-state index contributed by atoms with van der Waals surface area (Å²) in [5.74, 6) is 0. The Balaban J connectivity index is 2.71. The van der Waals surface area contributed by atoms with Gasteiger partial charge in [0.1, 0.15) is 6.61 Å². The molecule has 4 nitrogen and oxygen atoms in total. The average molecular weight is 272 g/mol. The minimum atomic E-state index is -0.431. The molecule has 1 aromatic carbocycles. The van der Waals surface area contributed by atoms with Crippen molar-refractivity contribution in [2.24, 2.45) is 0 Å². The molecule has 0 atom stereocenters. The third kappa shape index (κ3) is 4.55. The molecule has 0 aliphatic carbocycles. The van der Waals surface area contributed by atoms with E-state index in [1.165, 1.54) is 0 Å². The maximum absolute atomic E-state index is 11.8. The number of hydrogen-bond donors (Lipinski definition) is 1. The second kappa shape index (κ2) is 7.24. The normalized spacial score (nSPS) is 10.5. The Morgan fingerprint density at radius 2 is 2.22 bits per heavy atom. The monoisotopic (exact) mass is 271 g/mol. The van der Waals surface area contributed by atoms with Gasteiger partial charge in [-0.05, 0) is 31.5 Å². The van der Waals surface area contributed by atoms with Crippen LogP contribution in [0.5, 0.6) is 0 Å². The zero-order chi connectivity index (χ0) is 13.5. The van der Waals surface area contributed by atoms with Crippen molar-refractivity contribution in [3.05, 3.63) is 34.9 Å². The molecule has 1 rings (SSSR count). The van der Waals surface area contributed by atoms with E-state index in [-0.39, 0.29) is 19.3 Å². The largest absolute Gasteiger partial charge is 0.447 e. The smallest absolute Gasteiger partial charge is 0.410 e. The van der Waals surface area contributed by atoms with Crippen molar-refractivity contribution in [3.63, 3.8) is 0 Å². The zero-order valence-corrected chi connectivity index (χ0v) is 11.4. The summed E-state index contributed by atoms with van der Waals surface area (Å²) in [5, 5.41) is 9.29.